The molecule has 2 unspecified atom stereocenters. The van der Waals surface area contributed by atoms with E-state index in [0.717, 1.165) is 25.1 Å². The summed E-state index contributed by atoms with van der Waals surface area (Å²) < 4.78 is 0. The van der Waals surface area contributed by atoms with Gasteiger partial charge < -0.3 is 9.80 Å². The largest absolute Gasteiger partial charge is 0.316 e. The number of hydrogen-bond acceptors (Lipinski definition) is 3. The van der Waals surface area contributed by atoms with E-state index in [9.17, 15) is 0 Å². The molecule has 2 aliphatic rings. The molecule has 0 saturated heterocycles. The first kappa shape index (κ1) is 21.9. The van der Waals surface area contributed by atoms with Gasteiger partial charge in [0.05, 0.1) is 11.4 Å². The lowest BCUT2D eigenvalue weighted by Gasteiger charge is -2.53. The Morgan fingerprint density at radius 3 is 2.09 bits per heavy atom. The van der Waals surface area contributed by atoms with Crippen LogP contribution in [0.3, 0.4) is 0 Å². The Morgan fingerprint density at radius 1 is 0.686 bits per heavy atom. The molecule has 0 saturated carbocycles. The number of rotatable bonds is 5. The summed E-state index contributed by atoms with van der Waals surface area (Å²) in [5, 5.41) is 0. The van der Waals surface area contributed by atoms with Gasteiger partial charge >= 0.3 is 0 Å². The van der Waals surface area contributed by atoms with E-state index in [1.165, 1.54) is 33.8 Å². The van der Waals surface area contributed by atoms with Crippen molar-refractivity contribution < 1.29 is 0 Å². The molecule has 4 aromatic rings. The Balaban J connectivity index is 1.65. The smallest absolute Gasteiger partial charge is 0.158 e. The van der Waals surface area contributed by atoms with Gasteiger partial charge in [-0.15, -0.1) is 0 Å². The van der Waals surface area contributed by atoms with Crippen LogP contribution in [0.2, 0.25) is 0 Å². The minimum absolute atomic E-state index is 0.120. The molecule has 3 nitrogen and oxygen atoms in total. The standard InChI is InChI=1S/C32H33N3/c1-4-25-31-34(27-19-12-10-17-24(27)23-15-8-7-9-16-23)29-21-14-22-33-30(29)35(31)28-20-13-11-18-26(28)32(25,5-2)6-3/h7-22,25,31H,4-6H2,1-3H3. The molecular weight excluding hydrogens is 426 g/mol. The molecule has 0 spiro atoms. The van der Waals surface area contributed by atoms with Gasteiger partial charge in [-0.3, -0.25) is 0 Å². The van der Waals surface area contributed by atoms with Crippen molar-refractivity contribution in [1.29, 1.82) is 0 Å². The van der Waals surface area contributed by atoms with E-state index in [0.29, 0.717) is 5.92 Å². The molecule has 0 aliphatic carbocycles. The molecular formula is C32H33N3. The normalized spacial score (nSPS) is 19.7. The molecule has 3 heteroatoms. The molecule has 35 heavy (non-hydrogen) atoms. The van der Waals surface area contributed by atoms with E-state index in [1.54, 1.807) is 0 Å². The summed E-state index contributed by atoms with van der Waals surface area (Å²) >= 11 is 0. The summed E-state index contributed by atoms with van der Waals surface area (Å²) in [5.74, 6) is 1.51. The molecule has 0 fully saturated rings. The second kappa shape index (κ2) is 8.57. The van der Waals surface area contributed by atoms with Gasteiger partial charge in [0.15, 0.2) is 5.82 Å². The van der Waals surface area contributed by atoms with Crippen LogP contribution >= 0.6 is 0 Å². The maximum Gasteiger partial charge on any atom is 0.158 e. The highest BCUT2D eigenvalue weighted by atomic mass is 15.5. The first-order valence-corrected chi connectivity index (χ1v) is 13.0. The van der Waals surface area contributed by atoms with Crippen molar-refractivity contribution in [2.24, 2.45) is 5.92 Å². The van der Waals surface area contributed by atoms with Crippen LogP contribution in [0, 0.1) is 5.92 Å². The first-order chi connectivity index (χ1) is 17.2. The molecule has 2 aliphatic heterocycles. The number of benzene rings is 3. The molecule has 0 bridgehead atoms. The van der Waals surface area contributed by atoms with E-state index >= 15 is 0 Å². The van der Waals surface area contributed by atoms with Gasteiger partial charge in [-0.25, -0.2) is 4.98 Å². The molecule has 6 rings (SSSR count). The Morgan fingerprint density at radius 2 is 1.34 bits per heavy atom. The molecule has 0 N–H and O–H groups in total. The maximum atomic E-state index is 4.97. The number of fused-ring (bicyclic) bond motifs is 5. The zero-order valence-corrected chi connectivity index (χ0v) is 20.9. The monoisotopic (exact) mass is 459 g/mol. The fourth-order valence-corrected chi connectivity index (χ4v) is 6.93. The third-order valence-electron chi connectivity index (χ3n) is 8.50. The zero-order valence-electron chi connectivity index (χ0n) is 20.9. The van der Waals surface area contributed by atoms with Crippen LogP contribution in [-0.4, -0.2) is 11.1 Å². The van der Waals surface area contributed by atoms with E-state index in [1.807, 2.05) is 6.20 Å². The van der Waals surface area contributed by atoms with Crippen molar-refractivity contribution in [3.8, 4) is 11.1 Å². The highest BCUT2D eigenvalue weighted by Gasteiger charge is 2.55. The molecule has 3 heterocycles. The van der Waals surface area contributed by atoms with Gasteiger partial charge in [0.25, 0.3) is 0 Å². The molecule has 3 aromatic carbocycles. The SMILES string of the molecule is CCC1C2N(c3ccccc3-c3ccccc3)c3cccnc3N2c2ccccc2C1(CC)CC. The Hall–Kier alpha value is -3.59. The fourth-order valence-electron chi connectivity index (χ4n) is 6.93. The average Bonchev–Trinajstić information content (AvgIpc) is 3.27. The van der Waals surface area contributed by atoms with Crippen molar-refractivity contribution >= 4 is 22.9 Å². The summed E-state index contributed by atoms with van der Waals surface area (Å²) in [4.78, 5) is 10.1. The molecule has 176 valence electrons. The van der Waals surface area contributed by atoms with Crippen LogP contribution < -0.4 is 9.80 Å². The van der Waals surface area contributed by atoms with Crippen molar-refractivity contribution in [2.75, 3.05) is 9.80 Å². The Labute approximate surface area is 209 Å². The van der Waals surface area contributed by atoms with Gasteiger partial charge in [0, 0.05) is 28.8 Å². The lowest BCUT2D eigenvalue weighted by atomic mass is 9.61. The summed E-state index contributed by atoms with van der Waals surface area (Å²) in [6.45, 7) is 7.12. The first-order valence-electron chi connectivity index (χ1n) is 13.0. The van der Waals surface area contributed by atoms with Crippen molar-refractivity contribution in [2.45, 2.75) is 51.6 Å². The molecule has 0 radical (unpaired) electrons. The van der Waals surface area contributed by atoms with Crippen LogP contribution in [0.25, 0.3) is 11.1 Å². The van der Waals surface area contributed by atoms with Crippen LogP contribution in [0.4, 0.5) is 22.9 Å². The number of aromatic nitrogens is 1. The van der Waals surface area contributed by atoms with Crippen LogP contribution in [0.5, 0.6) is 0 Å². The molecule has 2 atom stereocenters. The Bertz CT molecular complexity index is 1340. The third kappa shape index (κ3) is 3.07. The summed E-state index contributed by atoms with van der Waals surface area (Å²) in [6.07, 6.45) is 5.47. The second-order valence-electron chi connectivity index (χ2n) is 9.78. The predicted octanol–water partition coefficient (Wildman–Crippen LogP) is 8.46. The Kier molecular flexibility index (Phi) is 5.36. The quantitative estimate of drug-likeness (QED) is 0.298. The number of para-hydroxylation sites is 2. The minimum atomic E-state index is 0.120. The number of hydrogen-bond donors (Lipinski definition) is 0. The van der Waals surface area contributed by atoms with Gasteiger partial charge in [0.2, 0.25) is 0 Å². The maximum absolute atomic E-state index is 4.97. The number of nitrogens with zero attached hydrogens (tertiary/aromatic N) is 3. The average molecular weight is 460 g/mol. The highest BCUT2D eigenvalue weighted by Crippen LogP contribution is 2.60. The van der Waals surface area contributed by atoms with Gasteiger partial charge in [-0.1, -0.05) is 87.5 Å². The van der Waals surface area contributed by atoms with E-state index < -0.39 is 0 Å². The highest BCUT2D eigenvalue weighted by molar-refractivity contribution is 5.92. The van der Waals surface area contributed by atoms with Crippen LogP contribution in [0.1, 0.15) is 45.6 Å². The van der Waals surface area contributed by atoms with E-state index in [4.69, 9.17) is 4.98 Å². The molecule has 1 aromatic heterocycles. The summed E-state index contributed by atoms with van der Waals surface area (Å²) in [7, 11) is 0. The van der Waals surface area contributed by atoms with Gasteiger partial charge in [-0.05, 0) is 54.7 Å². The number of pyridine rings is 1. The van der Waals surface area contributed by atoms with E-state index in [2.05, 4.69) is 122 Å². The van der Waals surface area contributed by atoms with Crippen LogP contribution in [-0.2, 0) is 5.41 Å². The predicted molar refractivity (Wildman–Crippen MR) is 147 cm³/mol. The second-order valence-corrected chi connectivity index (χ2v) is 9.78. The van der Waals surface area contributed by atoms with Gasteiger partial charge in [-0.2, -0.15) is 0 Å². The van der Waals surface area contributed by atoms with Gasteiger partial charge in [0.1, 0.15) is 6.17 Å². The van der Waals surface area contributed by atoms with Crippen molar-refractivity contribution in [3.63, 3.8) is 0 Å². The number of anilines is 4. The van der Waals surface area contributed by atoms with Crippen molar-refractivity contribution in [1.82, 2.24) is 4.98 Å². The molecule has 0 amide bonds. The summed E-state index contributed by atoms with van der Waals surface area (Å²) in [6, 6.07) is 33.0. The minimum Gasteiger partial charge on any atom is -0.316 e. The zero-order chi connectivity index (χ0) is 24.0. The van der Waals surface area contributed by atoms with E-state index in [-0.39, 0.29) is 11.6 Å². The fraction of sp³-hybridized carbons (Fsp3) is 0.281. The lowest BCUT2D eigenvalue weighted by Crippen LogP contribution is -2.56. The third-order valence-corrected chi connectivity index (χ3v) is 8.50. The lowest BCUT2D eigenvalue weighted by molar-refractivity contribution is 0.194. The topological polar surface area (TPSA) is 19.4 Å². The van der Waals surface area contributed by atoms with Crippen molar-refractivity contribution in [3.05, 3.63) is 103 Å². The van der Waals surface area contributed by atoms with Crippen LogP contribution in [0.15, 0.2) is 97.2 Å². The summed E-state index contributed by atoms with van der Waals surface area (Å²) in [5.41, 5.74) is 7.85.